The lowest BCUT2D eigenvalue weighted by molar-refractivity contribution is 0.0939. The monoisotopic (exact) mass is 398 g/mol. The second-order valence-electron chi connectivity index (χ2n) is 6.49. The van der Waals surface area contributed by atoms with Gasteiger partial charge in [-0.15, -0.1) is 0 Å². The Morgan fingerprint density at radius 2 is 1.82 bits per heavy atom. The Kier molecular flexibility index (Phi) is 5.96. The Bertz CT molecular complexity index is 1050. The fourth-order valence-electron chi connectivity index (χ4n) is 2.77. The van der Waals surface area contributed by atoms with Crippen LogP contribution in [-0.2, 0) is 16.6 Å². The molecule has 0 aliphatic heterocycles. The predicted octanol–water partition coefficient (Wildman–Crippen LogP) is 3.56. The molecule has 0 radical (unpaired) electrons. The average Bonchev–Trinajstić information content (AvgIpc) is 3.21. The Balaban J connectivity index is 1.77. The number of aryl methyl sites for hydroxylation is 1. The van der Waals surface area contributed by atoms with E-state index in [0.717, 1.165) is 5.56 Å². The van der Waals surface area contributed by atoms with Crippen molar-refractivity contribution >= 4 is 15.9 Å². The van der Waals surface area contributed by atoms with Gasteiger partial charge in [0.2, 0.25) is 10.0 Å². The molecule has 1 aromatic heterocycles. The van der Waals surface area contributed by atoms with E-state index >= 15 is 0 Å². The Hall–Kier alpha value is -2.90. The Morgan fingerprint density at radius 3 is 2.50 bits per heavy atom. The minimum Gasteiger partial charge on any atom is -0.468 e. The van der Waals surface area contributed by atoms with Crippen LogP contribution in [0.15, 0.2) is 76.2 Å². The van der Waals surface area contributed by atoms with Crippen LogP contribution in [0.5, 0.6) is 0 Å². The number of furan rings is 1. The number of carbonyl (C=O) groups excluding carboxylic acids is 1. The number of nitrogens with one attached hydrogen (secondary N) is 2. The molecule has 0 bridgehead atoms. The standard InChI is InChI=1S/C21H22N2O4S/c1-15-10-11-19(28(25,26)22-14-18-9-6-12-27-18)13-20(15)21(24)23-16(2)17-7-4-3-5-8-17/h3-13,16,22H,14H2,1-2H3,(H,23,24). The molecule has 0 fully saturated rings. The van der Waals surface area contributed by atoms with E-state index in [1.807, 2.05) is 37.3 Å². The average molecular weight is 398 g/mol. The lowest BCUT2D eigenvalue weighted by atomic mass is 10.1. The van der Waals surface area contributed by atoms with Gasteiger partial charge < -0.3 is 9.73 Å². The highest BCUT2D eigenvalue weighted by Gasteiger charge is 2.19. The van der Waals surface area contributed by atoms with E-state index in [4.69, 9.17) is 4.42 Å². The van der Waals surface area contributed by atoms with Gasteiger partial charge in [0.15, 0.2) is 0 Å². The first kappa shape index (κ1) is 19.9. The van der Waals surface area contributed by atoms with Crippen molar-refractivity contribution in [3.05, 3.63) is 89.4 Å². The Morgan fingerprint density at radius 1 is 1.07 bits per heavy atom. The smallest absolute Gasteiger partial charge is 0.252 e. The van der Waals surface area contributed by atoms with Crippen molar-refractivity contribution in [2.24, 2.45) is 0 Å². The summed E-state index contributed by atoms with van der Waals surface area (Å²) in [5.74, 6) is 0.183. The van der Waals surface area contributed by atoms with E-state index in [1.54, 1.807) is 25.1 Å². The summed E-state index contributed by atoms with van der Waals surface area (Å²) in [6.45, 7) is 3.69. The van der Waals surface area contributed by atoms with Gasteiger partial charge in [-0.05, 0) is 49.2 Å². The van der Waals surface area contributed by atoms with E-state index in [1.165, 1.54) is 18.4 Å². The van der Waals surface area contributed by atoms with Crippen molar-refractivity contribution in [1.29, 1.82) is 0 Å². The van der Waals surface area contributed by atoms with Gasteiger partial charge in [-0.2, -0.15) is 0 Å². The number of rotatable bonds is 7. The SMILES string of the molecule is Cc1ccc(S(=O)(=O)NCc2ccco2)cc1C(=O)NC(C)c1ccccc1. The molecule has 7 heteroatoms. The lowest BCUT2D eigenvalue weighted by Gasteiger charge is -2.16. The van der Waals surface area contributed by atoms with Gasteiger partial charge in [-0.3, -0.25) is 4.79 Å². The number of hydrogen-bond acceptors (Lipinski definition) is 4. The molecule has 0 saturated carbocycles. The zero-order chi connectivity index (χ0) is 20.1. The summed E-state index contributed by atoms with van der Waals surface area (Å²) >= 11 is 0. The summed E-state index contributed by atoms with van der Waals surface area (Å²) in [5.41, 5.74) is 1.99. The fraction of sp³-hybridized carbons (Fsp3) is 0.190. The molecule has 0 spiro atoms. The van der Waals surface area contributed by atoms with Crippen LogP contribution in [0.1, 0.15) is 40.2 Å². The first-order valence-electron chi connectivity index (χ1n) is 8.85. The van der Waals surface area contributed by atoms with Gasteiger partial charge in [-0.1, -0.05) is 36.4 Å². The second kappa shape index (κ2) is 8.41. The highest BCUT2D eigenvalue weighted by Crippen LogP contribution is 2.18. The zero-order valence-corrected chi connectivity index (χ0v) is 16.5. The second-order valence-corrected chi connectivity index (χ2v) is 8.25. The van der Waals surface area contributed by atoms with Crippen LogP contribution < -0.4 is 10.0 Å². The molecule has 2 aromatic carbocycles. The van der Waals surface area contributed by atoms with Gasteiger partial charge >= 0.3 is 0 Å². The summed E-state index contributed by atoms with van der Waals surface area (Å²) in [4.78, 5) is 12.8. The molecule has 3 rings (SSSR count). The summed E-state index contributed by atoms with van der Waals surface area (Å²) in [6.07, 6.45) is 1.48. The van der Waals surface area contributed by atoms with Crippen molar-refractivity contribution < 1.29 is 17.6 Å². The quantitative estimate of drug-likeness (QED) is 0.637. The summed E-state index contributed by atoms with van der Waals surface area (Å²) in [6, 6.07) is 17.2. The van der Waals surface area contributed by atoms with Gasteiger partial charge in [0.05, 0.1) is 23.7 Å². The molecule has 0 aliphatic carbocycles. The number of carbonyl (C=O) groups is 1. The maximum atomic E-state index is 12.7. The largest absolute Gasteiger partial charge is 0.468 e. The molecule has 6 nitrogen and oxygen atoms in total. The van der Waals surface area contributed by atoms with Crippen LogP contribution in [0.2, 0.25) is 0 Å². The van der Waals surface area contributed by atoms with Crippen molar-refractivity contribution in [2.75, 3.05) is 0 Å². The summed E-state index contributed by atoms with van der Waals surface area (Å²) in [5, 5.41) is 2.92. The van der Waals surface area contributed by atoms with Crippen LogP contribution in [-0.4, -0.2) is 14.3 Å². The Labute approximate surface area is 164 Å². The predicted molar refractivity (Wildman–Crippen MR) is 106 cm³/mol. The molecular weight excluding hydrogens is 376 g/mol. The lowest BCUT2D eigenvalue weighted by Crippen LogP contribution is -2.28. The molecule has 1 atom stereocenters. The van der Waals surface area contributed by atoms with Gasteiger partial charge in [-0.25, -0.2) is 13.1 Å². The highest BCUT2D eigenvalue weighted by molar-refractivity contribution is 7.89. The number of amides is 1. The minimum atomic E-state index is -3.78. The third kappa shape index (κ3) is 4.68. The van der Waals surface area contributed by atoms with Crippen molar-refractivity contribution in [3.63, 3.8) is 0 Å². The molecule has 0 aliphatic rings. The fourth-order valence-corrected chi connectivity index (χ4v) is 3.79. The van der Waals surface area contributed by atoms with Crippen LogP contribution in [0.4, 0.5) is 0 Å². The molecule has 3 aromatic rings. The van der Waals surface area contributed by atoms with Gasteiger partial charge in [0.25, 0.3) is 5.91 Å². The van der Waals surface area contributed by atoms with Crippen LogP contribution in [0.3, 0.4) is 0 Å². The highest BCUT2D eigenvalue weighted by atomic mass is 32.2. The van der Waals surface area contributed by atoms with E-state index in [2.05, 4.69) is 10.0 Å². The topological polar surface area (TPSA) is 88.4 Å². The van der Waals surface area contributed by atoms with Crippen molar-refractivity contribution in [2.45, 2.75) is 31.3 Å². The minimum absolute atomic E-state index is 0.0298. The maximum Gasteiger partial charge on any atom is 0.252 e. The summed E-state index contributed by atoms with van der Waals surface area (Å²) in [7, 11) is -3.78. The normalized spacial score (nSPS) is 12.5. The first-order chi connectivity index (χ1) is 13.4. The molecule has 2 N–H and O–H groups in total. The molecule has 1 unspecified atom stereocenters. The molecule has 1 heterocycles. The van der Waals surface area contributed by atoms with Gasteiger partial charge in [0, 0.05) is 5.56 Å². The van der Waals surface area contributed by atoms with E-state index in [0.29, 0.717) is 16.9 Å². The molecular formula is C21H22N2O4S. The van der Waals surface area contributed by atoms with Crippen LogP contribution >= 0.6 is 0 Å². The molecule has 28 heavy (non-hydrogen) atoms. The van der Waals surface area contributed by atoms with E-state index in [-0.39, 0.29) is 23.4 Å². The van der Waals surface area contributed by atoms with Crippen LogP contribution in [0.25, 0.3) is 0 Å². The van der Waals surface area contributed by atoms with E-state index in [9.17, 15) is 13.2 Å². The van der Waals surface area contributed by atoms with Crippen molar-refractivity contribution in [3.8, 4) is 0 Å². The number of sulfonamides is 1. The zero-order valence-electron chi connectivity index (χ0n) is 15.7. The maximum absolute atomic E-state index is 12.7. The molecule has 146 valence electrons. The first-order valence-corrected chi connectivity index (χ1v) is 10.3. The molecule has 0 saturated heterocycles. The third-order valence-corrected chi connectivity index (χ3v) is 5.83. The number of hydrogen-bond donors (Lipinski definition) is 2. The van der Waals surface area contributed by atoms with Crippen molar-refractivity contribution in [1.82, 2.24) is 10.0 Å². The number of benzene rings is 2. The van der Waals surface area contributed by atoms with Gasteiger partial charge in [0.1, 0.15) is 5.76 Å². The summed E-state index contributed by atoms with van der Waals surface area (Å²) < 4.78 is 32.8. The van der Waals surface area contributed by atoms with E-state index < -0.39 is 10.0 Å². The molecule has 1 amide bonds. The third-order valence-electron chi connectivity index (χ3n) is 4.43. The van der Waals surface area contributed by atoms with Crippen LogP contribution in [0, 0.1) is 6.92 Å².